The Balaban J connectivity index is 0.00000242. The summed E-state index contributed by atoms with van der Waals surface area (Å²) >= 11 is 0. The van der Waals surface area contributed by atoms with E-state index in [2.05, 4.69) is 15.4 Å². The average Bonchev–Trinajstić information content (AvgIpc) is 2.77. The highest BCUT2D eigenvalue weighted by Crippen LogP contribution is 2.13. The Morgan fingerprint density at radius 1 is 1.26 bits per heavy atom. The molecule has 0 aromatic carbocycles. The summed E-state index contributed by atoms with van der Waals surface area (Å²) in [4.78, 5) is 16.2. The van der Waals surface area contributed by atoms with Crippen molar-refractivity contribution in [3.63, 3.8) is 0 Å². The molecule has 2 rings (SSSR count). The Kier molecular flexibility index (Phi) is 8.23. The summed E-state index contributed by atoms with van der Waals surface area (Å²) in [7, 11) is 0. The summed E-state index contributed by atoms with van der Waals surface area (Å²) in [5.41, 5.74) is 8.38. The molecule has 0 saturated heterocycles. The van der Waals surface area contributed by atoms with Gasteiger partial charge in [-0.15, -0.1) is 24.8 Å². The Labute approximate surface area is 148 Å². The van der Waals surface area contributed by atoms with E-state index in [-0.39, 0.29) is 36.6 Å². The van der Waals surface area contributed by atoms with Crippen LogP contribution >= 0.6 is 24.8 Å². The molecule has 128 valence electrons. The summed E-state index contributed by atoms with van der Waals surface area (Å²) in [6.07, 6.45) is 1.61. The van der Waals surface area contributed by atoms with Crippen LogP contribution in [0.15, 0.2) is 24.4 Å². The van der Waals surface area contributed by atoms with Crippen LogP contribution in [-0.2, 0) is 4.79 Å². The van der Waals surface area contributed by atoms with Crippen LogP contribution in [0.4, 0.5) is 5.69 Å². The first kappa shape index (κ1) is 21.4. The van der Waals surface area contributed by atoms with E-state index < -0.39 is 6.04 Å². The van der Waals surface area contributed by atoms with Crippen molar-refractivity contribution in [2.45, 2.75) is 33.7 Å². The van der Waals surface area contributed by atoms with Crippen molar-refractivity contribution in [3.8, 4) is 5.82 Å². The number of pyridine rings is 1. The molecule has 2 aromatic heterocycles. The first-order chi connectivity index (χ1) is 9.88. The molecule has 0 bridgehead atoms. The van der Waals surface area contributed by atoms with Crippen molar-refractivity contribution >= 4 is 36.4 Å². The number of nitrogens with two attached hydrogens (primary N) is 1. The van der Waals surface area contributed by atoms with Gasteiger partial charge in [0, 0.05) is 5.69 Å². The van der Waals surface area contributed by atoms with E-state index in [0.29, 0.717) is 11.5 Å². The van der Waals surface area contributed by atoms with E-state index in [1.54, 1.807) is 16.9 Å². The lowest BCUT2D eigenvalue weighted by Gasteiger charge is -2.15. The largest absolute Gasteiger partial charge is 0.323 e. The third-order valence-electron chi connectivity index (χ3n) is 3.26. The van der Waals surface area contributed by atoms with Gasteiger partial charge in [0.05, 0.1) is 23.6 Å². The summed E-state index contributed by atoms with van der Waals surface area (Å²) in [6.45, 7) is 7.73. The Bertz CT molecular complexity index is 640. The van der Waals surface area contributed by atoms with Gasteiger partial charge in [-0.1, -0.05) is 13.8 Å². The second kappa shape index (κ2) is 8.86. The van der Waals surface area contributed by atoms with Crippen LogP contribution in [0.1, 0.15) is 25.2 Å². The van der Waals surface area contributed by atoms with Crippen LogP contribution in [0, 0.1) is 19.8 Å². The number of rotatable bonds is 4. The lowest BCUT2D eigenvalue weighted by Crippen LogP contribution is -2.39. The minimum absolute atomic E-state index is 0. The van der Waals surface area contributed by atoms with Crippen molar-refractivity contribution < 1.29 is 4.79 Å². The monoisotopic (exact) mass is 359 g/mol. The van der Waals surface area contributed by atoms with E-state index in [1.807, 2.05) is 39.8 Å². The highest BCUT2D eigenvalue weighted by molar-refractivity contribution is 5.94. The van der Waals surface area contributed by atoms with Crippen molar-refractivity contribution in [1.82, 2.24) is 14.8 Å². The van der Waals surface area contributed by atoms with Crippen LogP contribution in [0.5, 0.6) is 0 Å². The first-order valence-corrected chi connectivity index (χ1v) is 6.94. The molecule has 2 aromatic rings. The molecule has 3 N–H and O–H groups in total. The molecule has 1 amide bonds. The van der Waals surface area contributed by atoms with Gasteiger partial charge >= 0.3 is 0 Å². The summed E-state index contributed by atoms with van der Waals surface area (Å²) in [6, 6.07) is 5.07. The van der Waals surface area contributed by atoms with E-state index in [4.69, 9.17) is 5.73 Å². The Hall–Kier alpha value is -1.63. The van der Waals surface area contributed by atoms with Crippen LogP contribution in [0.3, 0.4) is 0 Å². The molecule has 0 aliphatic rings. The smallest absolute Gasteiger partial charge is 0.241 e. The van der Waals surface area contributed by atoms with Crippen molar-refractivity contribution in [3.05, 3.63) is 35.8 Å². The zero-order valence-electron chi connectivity index (χ0n) is 13.6. The number of aromatic nitrogens is 3. The standard InChI is InChI=1S/C15H21N5O.2ClH/c1-9(2)14(16)15(21)18-12-5-6-13(17-8-12)20-11(4)7-10(3)19-20;;/h5-9,14H,16H2,1-4H3,(H,18,21);2*1H. The number of carbonyl (C=O) groups excluding carboxylic acids is 1. The maximum Gasteiger partial charge on any atom is 0.241 e. The number of hydrogen-bond donors (Lipinski definition) is 2. The number of hydrogen-bond acceptors (Lipinski definition) is 4. The highest BCUT2D eigenvalue weighted by Gasteiger charge is 2.17. The van der Waals surface area contributed by atoms with Gasteiger partial charge in [-0.3, -0.25) is 4.79 Å². The van der Waals surface area contributed by atoms with Gasteiger partial charge in [0.1, 0.15) is 0 Å². The molecule has 8 heteroatoms. The van der Waals surface area contributed by atoms with Crippen LogP contribution < -0.4 is 11.1 Å². The molecule has 23 heavy (non-hydrogen) atoms. The number of halogens is 2. The lowest BCUT2D eigenvalue weighted by atomic mass is 10.1. The van der Waals surface area contributed by atoms with Gasteiger partial charge in [-0.25, -0.2) is 9.67 Å². The minimum atomic E-state index is -0.527. The second-order valence-electron chi connectivity index (χ2n) is 5.50. The zero-order chi connectivity index (χ0) is 15.6. The number of carbonyl (C=O) groups is 1. The molecular formula is C15H23Cl2N5O. The Morgan fingerprint density at radius 2 is 1.91 bits per heavy atom. The quantitative estimate of drug-likeness (QED) is 0.878. The molecule has 6 nitrogen and oxygen atoms in total. The van der Waals surface area contributed by atoms with E-state index >= 15 is 0 Å². The van der Waals surface area contributed by atoms with E-state index in [0.717, 1.165) is 11.4 Å². The second-order valence-corrected chi connectivity index (χ2v) is 5.50. The summed E-state index contributed by atoms with van der Waals surface area (Å²) in [5, 5.41) is 7.13. The lowest BCUT2D eigenvalue weighted by molar-refractivity contribution is -0.118. The summed E-state index contributed by atoms with van der Waals surface area (Å²) in [5.74, 6) is 0.601. The predicted octanol–water partition coefficient (Wildman–Crippen LogP) is 2.65. The molecule has 0 aliphatic heterocycles. The van der Waals surface area contributed by atoms with Crippen molar-refractivity contribution in [2.75, 3.05) is 5.32 Å². The maximum absolute atomic E-state index is 11.9. The number of nitrogens with zero attached hydrogens (tertiary/aromatic N) is 3. The van der Waals surface area contributed by atoms with Crippen molar-refractivity contribution in [2.24, 2.45) is 11.7 Å². The van der Waals surface area contributed by atoms with Gasteiger partial charge in [0.15, 0.2) is 5.82 Å². The molecule has 0 aliphatic carbocycles. The summed E-state index contributed by atoms with van der Waals surface area (Å²) < 4.78 is 1.76. The molecule has 2 heterocycles. The van der Waals surface area contributed by atoms with E-state index in [9.17, 15) is 4.79 Å². The third kappa shape index (κ3) is 5.20. The zero-order valence-corrected chi connectivity index (χ0v) is 15.2. The molecular weight excluding hydrogens is 337 g/mol. The molecule has 1 atom stereocenters. The molecule has 1 unspecified atom stereocenters. The predicted molar refractivity (Wildman–Crippen MR) is 96.8 cm³/mol. The van der Waals surface area contributed by atoms with Crippen molar-refractivity contribution in [1.29, 1.82) is 0 Å². The first-order valence-electron chi connectivity index (χ1n) is 6.94. The SMILES string of the molecule is Cc1cc(C)n(-c2ccc(NC(=O)C(N)C(C)C)cn2)n1.Cl.Cl. The fourth-order valence-electron chi connectivity index (χ4n) is 1.97. The fourth-order valence-corrected chi connectivity index (χ4v) is 1.97. The number of anilines is 1. The van der Waals surface area contributed by atoms with Crippen LogP contribution in [0.25, 0.3) is 5.82 Å². The van der Waals surface area contributed by atoms with Crippen LogP contribution in [-0.4, -0.2) is 26.7 Å². The molecule has 0 spiro atoms. The van der Waals surface area contributed by atoms with Gasteiger partial charge < -0.3 is 11.1 Å². The van der Waals surface area contributed by atoms with Gasteiger partial charge in [0.25, 0.3) is 0 Å². The van der Waals surface area contributed by atoms with Gasteiger partial charge in [-0.05, 0) is 38.0 Å². The fraction of sp³-hybridized carbons (Fsp3) is 0.400. The number of aryl methyl sites for hydroxylation is 2. The maximum atomic E-state index is 11.9. The average molecular weight is 360 g/mol. The van der Waals surface area contributed by atoms with E-state index in [1.165, 1.54) is 0 Å². The Morgan fingerprint density at radius 3 is 2.35 bits per heavy atom. The van der Waals surface area contributed by atoms with Crippen LogP contribution in [0.2, 0.25) is 0 Å². The number of nitrogens with one attached hydrogen (secondary N) is 1. The van der Waals surface area contributed by atoms with Gasteiger partial charge in [0.2, 0.25) is 5.91 Å². The third-order valence-corrected chi connectivity index (χ3v) is 3.26. The molecule has 0 fully saturated rings. The normalized spacial score (nSPS) is 11.4. The highest BCUT2D eigenvalue weighted by atomic mass is 35.5. The number of amides is 1. The molecule has 0 radical (unpaired) electrons. The van der Waals surface area contributed by atoms with Gasteiger partial charge in [-0.2, -0.15) is 5.10 Å². The topological polar surface area (TPSA) is 85.8 Å². The molecule has 0 saturated carbocycles. The minimum Gasteiger partial charge on any atom is -0.323 e.